The number of nitrogens with one attached hydrogen (secondary N) is 1. The topological polar surface area (TPSA) is 119 Å². The third-order valence-electron chi connectivity index (χ3n) is 8.11. The predicted molar refractivity (Wildman–Crippen MR) is 148 cm³/mol. The fraction of sp³-hybridized carbons (Fsp3) is 0.643. The second kappa shape index (κ2) is 10.9. The van der Waals surface area contributed by atoms with Gasteiger partial charge in [-0.05, 0) is 59.4 Å². The third-order valence-corrected chi connectivity index (χ3v) is 8.11. The number of carbonyl (C=O) groups excluding carboxylic acids is 1. The summed E-state index contributed by atoms with van der Waals surface area (Å²) in [5.74, 6) is 0.826. The van der Waals surface area contributed by atoms with Gasteiger partial charge in [0.15, 0.2) is 0 Å². The molecule has 3 aromatic heterocycles. The minimum atomic E-state index is -0.839. The van der Waals surface area contributed by atoms with E-state index in [2.05, 4.69) is 21.5 Å². The van der Waals surface area contributed by atoms with Crippen LogP contribution in [0, 0.1) is 0 Å². The highest BCUT2D eigenvalue weighted by Gasteiger charge is 2.36. The summed E-state index contributed by atoms with van der Waals surface area (Å²) in [6.07, 6.45) is 8.85. The lowest BCUT2D eigenvalue weighted by Gasteiger charge is -2.34. The third kappa shape index (κ3) is 5.66. The van der Waals surface area contributed by atoms with E-state index in [9.17, 15) is 9.90 Å². The molecule has 1 atom stereocenters. The van der Waals surface area contributed by atoms with Gasteiger partial charge in [0.05, 0.1) is 43.3 Å². The van der Waals surface area contributed by atoms with E-state index >= 15 is 0 Å². The number of hydrogen-bond acceptors (Lipinski definition) is 8. The molecule has 1 saturated carbocycles. The van der Waals surface area contributed by atoms with E-state index < -0.39 is 11.1 Å². The summed E-state index contributed by atoms with van der Waals surface area (Å²) in [4.78, 5) is 19.8. The molecule has 0 spiro atoms. The zero-order chi connectivity index (χ0) is 27.8. The summed E-state index contributed by atoms with van der Waals surface area (Å²) in [5.41, 5.74) is 2.39. The zero-order valence-corrected chi connectivity index (χ0v) is 23.7. The van der Waals surface area contributed by atoms with Crippen molar-refractivity contribution in [1.82, 2.24) is 29.3 Å². The maximum absolute atomic E-state index is 13.4. The standard InChI is InChI=1S/C28H41N7O4/c1-19(18-38-5)31-26-29-16-24-22(14-23(35(24)32-26)20-6-8-28(4,37)9-7-20)21-15-30-34(17-21)27(2,3)25(36)33-10-12-39-13-11-33/h14-17,19-20,37H,6-13,18H2,1-5H3,(H,31,32)/t19-,20?,28?/m0/s1. The SMILES string of the molecule is COC[C@H](C)Nc1ncc2c(-c3cnn(C(C)(C)C(=O)N4CCOCC4)c3)cc(C3CCC(C)(O)CC3)n2n1. The Balaban J connectivity index is 1.50. The Bertz CT molecular complexity index is 1300. The lowest BCUT2D eigenvalue weighted by molar-refractivity contribution is -0.143. The van der Waals surface area contributed by atoms with Gasteiger partial charge in [0.25, 0.3) is 0 Å². The fourth-order valence-electron chi connectivity index (χ4n) is 5.67. The van der Waals surface area contributed by atoms with Gasteiger partial charge in [-0.1, -0.05) is 0 Å². The van der Waals surface area contributed by atoms with Crippen LogP contribution in [0.15, 0.2) is 24.7 Å². The molecule has 4 heterocycles. The van der Waals surface area contributed by atoms with Gasteiger partial charge < -0.3 is 24.8 Å². The average molecular weight is 540 g/mol. The molecule has 2 fully saturated rings. The summed E-state index contributed by atoms with van der Waals surface area (Å²) >= 11 is 0. The monoisotopic (exact) mass is 539 g/mol. The van der Waals surface area contributed by atoms with Crippen LogP contribution in [0.3, 0.4) is 0 Å². The number of amides is 1. The van der Waals surface area contributed by atoms with Crippen molar-refractivity contribution < 1.29 is 19.4 Å². The highest BCUT2D eigenvalue weighted by Crippen LogP contribution is 2.40. The molecule has 212 valence electrons. The van der Waals surface area contributed by atoms with Crippen molar-refractivity contribution in [2.75, 3.05) is 45.3 Å². The minimum Gasteiger partial charge on any atom is -0.390 e. The van der Waals surface area contributed by atoms with Gasteiger partial charge in [0.2, 0.25) is 11.9 Å². The van der Waals surface area contributed by atoms with Crippen LogP contribution in [-0.2, 0) is 19.8 Å². The van der Waals surface area contributed by atoms with Gasteiger partial charge in [-0.2, -0.15) is 5.10 Å². The molecule has 1 aliphatic heterocycles. The van der Waals surface area contributed by atoms with Gasteiger partial charge in [-0.25, -0.2) is 9.50 Å². The summed E-state index contributed by atoms with van der Waals surface area (Å²) in [7, 11) is 1.67. The first-order valence-electron chi connectivity index (χ1n) is 13.9. The normalized spacial score (nSPS) is 23.2. The van der Waals surface area contributed by atoms with E-state index in [1.807, 2.05) is 55.7 Å². The second-order valence-corrected chi connectivity index (χ2v) is 11.8. The Morgan fingerprint density at radius 1 is 1.28 bits per heavy atom. The van der Waals surface area contributed by atoms with Gasteiger partial charge in [-0.3, -0.25) is 9.48 Å². The van der Waals surface area contributed by atoms with Crippen molar-refractivity contribution in [3.05, 3.63) is 30.4 Å². The predicted octanol–water partition coefficient (Wildman–Crippen LogP) is 3.04. The lowest BCUT2D eigenvalue weighted by atomic mass is 9.78. The number of methoxy groups -OCH3 is 1. The molecule has 0 radical (unpaired) electrons. The number of fused-ring (bicyclic) bond motifs is 1. The molecule has 0 unspecified atom stereocenters. The molecule has 11 nitrogen and oxygen atoms in total. The molecular weight excluding hydrogens is 498 g/mol. The molecule has 1 amide bonds. The van der Waals surface area contributed by atoms with Crippen LogP contribution in [0.2, 0.25) is 0 Å². The number of aliphatic hydroxyl groups is 1. The molecule has 0 aromatic carbocycles. The molecule has 1 aliphatic carbocycles. The van der Waals surface area contributed by atoms with Gasteiger partial charge in [-0.15, -0.1) is 5.10 Å². The fourth-order valence-corrected chi connectivity index (χ4v) is 5.67. The average Bonchev–Trinajstić information content (AvgIpc) is 3.55. The first-order valence-corrected chi connectivity index (χ1v) is 13.9. The van der Waals surface area contributed by atoms with Crippen molar-refractivity contribution >= 4 is 17.4 Å². The molecule has 3 aromatic rings. The quantitative estimate of drug-likeness (QED) is 0.448. The Labute approximate surface area is 229 Å². The molecule has 5 rings (SSSR count). The van der Waals surface area contributed by atoms with Crippen molar-refractivity contribution in [2.24, 2.45) is 0 Å². The number of carbonyl (C=O) groups is 1. The maximum atomic E-state index is 13.4. The molecule has 39 heavy (non-hydrogen) atoms. The minimum absolute atomic E-state index is 0.0290. The van der Waals surface area contributed by atoms with E-state index in [0.29, 0.717) is 38.9 Å². The van der Waals surface area contributed by atoms with Crippen LogP contribution in [0.1, 0.15) is 65.0 Å². The number of aromatic nitrogens is 5. The largest absolute Gasteiger partial charge is 0.390 e. The summed E-state index contributed by atoms with van der Waals surface area (Å²) in [6.45, 7) is 10.6. The summed E-state index contributed by atoms with van der Waals surface area (Å²) in [6, 6.07) is 2.23. The van der Waals surface area contributed by atoms with E-state index in [4.69, 9.17) is 14.6 Å². The van der Waals surface area contributed by atoms with Gasteiger partial charge in [0, 0.05) is 55.2 Å². The molecular formula is C28H41N7O4. The Hall–Kier alpha value is -3.02. The molecule has 2 N–H and O–H groups in total. The Morgan fingerprint density at radius 3 is 2.69 bits per heavy atom. The summed E-state index contributed by atoms with van der Waals surface area (Å²) in [5, 5.41) is 23.4. The highest BCUT2D eigenvalue weighted by atomic mass is 16.5. The van der Waals surface area contributed by atoms with Gasteiger partial charge >= 0.3 is 0 Å². The van der Waals surface area contributed by atoms with Crippen LogP contribution in [0.5, 0.6) is 0 Å². The van der Waals surface area contributed by atoms with Crippen molar-refractivity contribution in [2.45, 2.75) is 76.5 Å². The van der Waals surface area contributed by atoms with Crippen LogP contribution in [0.25, 0.3) is 16.6 Å². The van der Waals surface area contributed by atoms with Crippen molar-refractivity contribution in [3.63, 3.8) is 0 Å². The molecule has 0 bridgehead atoms. The smallest absolute Gasteiger partial charge is 0.250 e. The summed E-state index contributed by atoms with van der Waals surface area (Å²) < 4.78 is 14.4. The first-order chi connectivity index (χ1) is 18.6. The number of anilines is 1. The Kier molecular flexibility index (Phi) is 7.67. The number of morpholine rings is 1. The second-order valence-electron chi connectivity index (χ2n) is 11.8. The number of hydrogen-bond donors (Lipinski definition) is 2. The van der Waals surface area contributed by atoms with Crippen molar-refractivity contribution in [3.8, 4) is 11.1 Å². The molecule has 2 aliphatic rings. The van der Waals surface area contributed by atoms with Crippen LogP contribution >= 0.6 is 0 Å². The first kappa shape index (κ1) is 27.5. The maximum Gasteiger partial charge on any atom is 0.250 e. The Morgan fingerprint density at radius 2 is 2.00 bits per heavy atom. The van der Waals surface area contributed by atoms with E-state index in [-0.39, 0.29) is 17.9 Å². The highest BCUT2D eigenvalue weighted by molar-refractivity contribution is 5.85. The van der Waals surface area contributed by atoms with E-state index in [0.717, 1.165) is 48.0 Å². The lowest BCUT2D eigenvalue weighted by Crippen LogP contribution is -2.51. The van der Waals surface area contributed by atoms with Gasteiger partial charge in [0.1, 0.15) is 5.54 Å². The van der Waals surface area contributed by atoms with E-state index in [1.54, 1.807) is 11.8 Å². The van der Waals surface area contributed by atoms with Crippen LogP contribution < -0.4 is 5.32 Å². The zero-order valence-electron chi connectivity index (χ0n) is 23.7. The molecule has 11 heteroatoms. The number of nitrogens with zero attached hydrogens (tertiary/aromatic N) is 6. The number of rotatable bonds is 8. The molecule has 1 saturated heterocycles. The van der Waals surface area contributed by atoms with Crippen LogP contribution in [-0.4, -0.2) is 92.0 Å². The van der Waals surface area contributed by atoms with Crippen molar-refractivity contribution in [1.29, 1.82) is 0 Å². The van der Waals surface area contributed by atoms with Crippen LogP contribution in [0.4, 0.5) is 5.95 Å². The van der Waals surface area contributed by atoms with E-state index in [1.165, 1.54) is 0 Å². The number of ether oxygens (including phenoxy) is 2.